The van der Waals surface area contributed by atoms with E-state index in [9.17, 15) is 4.79 Å². The molecule has 0 saturated carbocycles. The minimum Gasteiger partial charge on any atom is -0.339 e. The summed E-state index contributed by atoms with van der Waals surface area (Å²) in [5.41, 5.74) is 3.31. The van der Waals surface area contributed by atoms with Crippen molar-refractivity contribution in [3.05, 3.63) is 83.4 Å². The Kier molecular flexibility index (Phi) is 4.87. The maximum atomic E-state index is 12.5. The Morgan fingerprint density at radius 3 is 2.54 bits per heavy atom. The molecule has 138 valence electrons. The number of aromatic nitrogens is 3. The van der Waals surface area contributed by atoms with Crippen molar-refractivity contribution in [3.8, 4) is 0 Å². The molecule has 0 spiro atoms. The number of halogens is 1. The molecule has 4 aromatic rings. The molecule has 2 aromatic heterocycles. The van der Waals surface area contributed by atoms with Gasteiger partial charge in [0, 0.05) is 22.3 Å². The van der Waals surface area contributed by atoms with Gasteiger partial charge in [-0.3, -0.25) is 9.78 Å². The molecule has 0 radical (unpaired) electrons. The number of benzene rings is 2. The van der Waals surface area contributed by atoms with Crippen LogP contribution in [0.15, 0.2) is 67.1 Å². The number of amides is 1. The van der Waals surface area contributed by atoms with E-state index in [4.69, 9.17) is 11.6 Å². The predicted molar refractivity (Wildman–Crippen MR) is 111 cm³/mol. The lowest BCUT2D eigenvalue weighted by molar-refractivity contribution is 0.102. The van der Waals surface area contributed by atoms with Crippen LogP contribution in [0.5, 0.6) is 0 Å². The maximum absolute atomic E-state index is 12.5. The fraction of sp³-hybridized carbons (Fsp3) is 0.0476. The van der Waals surface area contributed by atoms with Gasteiger partial charge in [0.1, 0.15) is 11.5 Å². The van der Waals surface area contributed by atoms with Gasteiger partial charge in [-0.15, -0.1) is 0 Å². The first-order valence-corrected chi connectivity index (χ1v) is 8.99. The number of pyridine rings is 1. The molecule has 4 rings (SSSR count). The smallest absolute Gasteiger partial charge is 0.275 e. The molecule has 2 aromatic carbocycles. The molecule has 1 amide bonds. The number of carbonyl (C=O) groups is 1. The topological polar surface area (TPSA) is 79.8 Å². The highest BCUT2D eigenvalue weighted by molar-refractivity contribution is 6.31. The lowest BCUT2D eigenvalue weighted by Gasteiger charge is -2.10. The van der Waals surface area contributed by atoms with E-state index < -0.39 is 0 Å². The van der Waals surface area contributed by atoms with Gasteiger partial charge in [0.25, 0.3) is 5.91 Å². The highest BCUT2D eigenvalue weighted by Gasteiger charge is 2.11. The van der Waals surface area contributed by atoms with Crippen molar-refractivity contribution in [3.63, 3.8) is 0 Å². The van der Waals surface area contributed by atoms with Crippen molar-refractivity contribution in [1.29, 1.82) is 0 Å². The average Bonchev–Trinajstić information content (AvgIpc) is 2.72. The summed E-state index contributed by atoms with van der Waals surface area (Å²) in [4.78, 5) is 25.4. The first-order chi connectivity index (χ1) is 13.6. The zero-order valence-electron chi connectivity index (χ0n) is 15.0. The van der Waals surface area contributed by atoms with Crippen LogP contribution in [-0.2, 0) is 0 Å². The molecular weight excluding hydrogens is 374 g/mol. The summed E-state index contributed by atoms with van der Waals surface area (Å²) in [6.07, 6.45) is 4.63. The molecule has 28 heavy (non-hydrogen) atoms. The Hall–Kier alpha value is -3.51. The van der Waals surface area contributed by atoms with E-state index in [0.29, 0.717) is 16.5 Å². The molecule has 7 heteroatoms. The summed E-state index contributed by atoms with van der Waals surface area (Å²) in [7, 11) is 0. The zero-order chi connectivity index (χ0) is 19.5. The second-order valence-electron chi connectivity index (χ2n) is 6.16. The fourth-order valence-electron chi connectivity index (χ4n) is 2.78. The van der Waals surface area contributed by atoms with E-state index in [1.807, 2.05) is 49.4 Å². The summed E-state index contributed by atoms with van der Waals surface area (Å²) in [6.45, 7) is 1.91. The van der Waals surface area contributed by atoms with E-state index in [-0.39, 0.29) is 11.6 Å². The van der Waals surface area contributed by atoms with E-state index in [0.717, 1.165) is 22.2 Å². The minimum absolute atomic E-state index is 0.210. The number of anilines is 3. The number of fused-ring (bicyclic) bond motifs is 1. The summed E-state index contributed by atoms with van der Waals surface area (Å²) in [5, 5.41) is 7.61. The molecule has 6 nitrogen and oxygen atoms in total. The Morgan fingerprint density at radius 2 is 1.71 bits per heavy atom. The quantitative estimate of drug-likeness (QED) is 0.514. The van der Waals surface area contributed by atoms with Crippen LogP contribution in [-0.4, -0.2) is 20.9 Å². The van der Waals surface area contributed by atoms with E-state index in [1.54, 1.807) is 12.3 Å². The van der Waals surface area contributed by atoms with Gasteiger partial charge >= 0.3 is 0 Å². The Balaban J connectivity index is 1.52. The number of nitrogens with one attached hydrogen (secondary N) is 2. The maximum Gasteiger partial charge on any atom is 0.275 e. The van der Waals surface area contributed by atoms with Gasteiger partial charge in [-0.25, -0.2) is 9.97 Å². The van der Waals surface area contributed by atoms with Crippen molar-refractivity contribution >= 4 is 45.6 Å². The molecule has 0 aliphatic rings. The van der Waals surface area contributed by atoms with Crippen molar-refractivity contribution in [1.82, 2.24) is 15.0 Å². The molecule has 0 aliphatic heterocycles. The van der Waals surface area contributed by atoms with E-state index in [2.05, 4.69) is 25.6 Å². The first kappa shape index (κ1) is 17.9. The van der Waals surface area contributed by atoms with E-state index >= 15 is 0 Å². The highest BCUT2D eigenvalue weighted by atomic mass is 35.5. The van der Waals surface area contributed by atoms with Gasteiger partial charge in [-0.2, -0.15) is 0 Å². The van der Waals surface area contributed by atoms with Crippen LogP contribution in [0.1, 0.15) is 16.1 Å². The second kappa shape index (κ2) is 7.62. The molecule has 0 atom stereocenters. The normalized spacial score (nSPS) is 10.6. The molecule has 2 N–H and O–H groups in total. The predicted octanol–water partition coefficient (Wildman–Crippen LogP) is 4.98. The van der Waals surface area contributed by atoms with Crippen LogP contribution >= 0.6 is 11.6 Å². The molecule has 0 saturated heterocycles. The largest absolute Gasteiger partial charge is 0.339 e. The number of nitrogens with zero attached hydrogens (tertiary/aromatic N) is 3. The average molecular weight is 390 g/mol. The number of hydrogen-bond acceptors (Lipinski definition) is 5. The Bertz CT molecular complexity index is 1160. The van der Waals surface area contributed by atoms with Crippen LogP contribution in [0, 0.1) is 6.92 Å². The molecule has 0 bridgehead atoms. The van der Waals surface area contributed by atoms with Crippen molar-refractivity contribution in [2.24, 2.45) is 0 Å². The third-order valence-corrected chi connectivity index (χ3v) is 4.71. The first-order valence-electron chi connectivity index (χ1n) is 8.61. The van der Waals surface area contributed by atoms with Gasteiger partial charge in [-0.1, -0.05) is 35.9 Å². The summed E-state index contributed by atoms with van der Waals surface area (Å²) in [5.74, 6) is 0.171. The van der Waals surface area contributed by atoms with Crippen LogP contribution in [0.2, 0.25) is 5.02 Å². The zero-order valence-corrected chi connectivity index (χ0v) is 15.7. The highest BCUT2D eigenvalue weighted by Crippen LogP contribution is 2.25. The SMILES string of the molecule is Cc1c(Cl)cccc1Nc1cnc(C(=O)Nc2cccc3cccnc23)cn1. The third kappa shape index (κ3) is 3.63. The summed E-state index contributed by atoms with van der Waals surface area (Å²) < 4.78 is 0. The second-order valence-corrected chi connectivity index (χ2v) is 6.57. The molecule has 2 heterocycles. The number of carbonyl (C=O) groups excluding carboxylic acids is 1. The van der Waals surface area contributed by atoms with Crippen molar-refractivity contribution < 1.29 is 4.79 Å². The van der Waals surface area contributed by atoms with Gasteiger partial charge in [0.15, 0.2) is 0 Å². The van der Waals surface area contributed by atoms with E-state index in [1.165, 1.54) is 12.4 Å². The Labute approximate surface area is 166 Å². The third-order valence-electron chi connectivity index (χ3n) is 4.30. The van der Waals surface area contributed by atoms with Crippen LogP contribution < -0.4 is 10.6 Å². The molecule has 0 unspecified atom stereocenters. The van der Waals surface area contributed by atoms with Crippen LogP contribution in [0.4, 0.5) is 17.2 Å². The molecule has 0 fully saturated rings. The minimum atomic E-state index is -0.351. The van der Waals surface area contributed by atoms with Crippen molar-refractivity contribution in [2.45, 2.75) is 6.92 Å². The summed E-state index contributed by atoms with van der Waals surface area (Å²) in [6, 6.07) is 15.0. The molecule has 0 aliphatic carbocycles. The van der Waals surface area contributed by atoms with Gasteiger partial charge in [0.05, 0.1) is 23.6 Å². The van der Waals surface area contributed by atoms with Gasteiger partial charge in [0.2, 0.25) is 0 Å². The number of para-hydroxylation sites is 1. The number of rotatable bonds is 4. The Morgan fingerprint density at radius 1 is 0.929 bits per heavy atom. The monoisotopic (exact) mass is 389 g/mol. The van der Waals surface area contributed by atoms with Crippen molar-refractivity contribution in [2.75, 3.05) is 10.6 Å². The van der Waals surface area contributed by atoms with Gasteiger partial charge in [-0.05, 0) is 36.8 Å². The fourth-order valence-corrected chi connectivity index (χ4v) is 2.96. The van der Waals surface area contributed by atoms with Gasteiger partial charge < -0.3 is 10.6 Å². The summed E-state index contributed by atoms with van der Waals surface area (Å²) >= 11 is 6.13. The lowest BCUT2D eigenvalue weighted by atomic mass is 10.2. The lowest BCUT2D eigenvalue weighted by Crippen LogP contribution is -2.14. The van der Waals surface area contributed by atoms with Crippen LogP contribution in [0.25, 0.3) is 10.9 Å². The standard InChI is InChI=1S/C21H16ClN5O/c1-13-15(22)7-3-8-16(13)26-19-12-24-18(11-25-19)21(28)27-17-9-2-5-14-6-4-10-23-20(14)17/h2-12H,1H3,(H,25,26)(H,27,28). The number of hydrogen-bond donors (Lipinski definition) is 2. The molecular formula is C21H16ClN5O. The van der Waals surface area contributed by atoms with Crippen LogP contribution in [0.3, 0.4) is 0 Å².